The highest BCUT2D eigenvalue weighted by atomic mass is 32.2. The number of carbonyl (C=O) groups is 3. The molecule has 3 N–H and O–H groups in total. The molecule has 0 heterocycles. The van der Waals surface area contributed by atoms with Gasteiger partial charge in [-0.05, 0) is 69.3 Å². The number of esters is 2. The van der Waals surface area contributed by atoms with Crippen molar-refractivity contribution in [2.75, 3.05) is 11.9 Å². The Morgan fingerprint density at radius 1 is 1.00 bits per heavy atom. The Morgan fingerprint density at radius 3 is 2.12 bits per heavy atom. The van der Waals surface area contributed by atoms with E-state index >= 15 is 0 Å². The summed E-state index contributed by atoms with van der Waals surface area (Å²) < 4.78 is 49.7. The van der Waals surface area contributed by atoms with E-state index in [-0.39, 0.29) is 16.6 Å². The molecule has 0 aliphatic heterocycles. The molecule has 2 aromatic carbocycles. The molecule has 0 aliphatic rings. The number of benzene rings is 2. The van der Waals surface area contributed by atoms with Gasteiger partial charge in [0.25, 0.3) is 5.91 Å². The predicted octanol–water partition coefficient (Wildman–Crippen LogP) is 1.60. The van der Waals surface area contributed by atoms with Crippen molar-refractivity contribution in [2.24, 2.45) is 0 Å². The van der Waals surface area contributed by atoms with Crippen molar-refractivity contribution in [2.45, 2.75) is 43.9 Å². The first-order valence-corrected chi connectivity index (χ1v) is 11.6. The number of hydrogen-bond acceptors (Lipinski definition) is 8. The summed E-state index contributed by atoms with van der Waals surface area (Å²) in [6.45, 7) is 3.82. The van der Waals surface area contributed by atoms with Crippen LogP contribution in [0.25, 0.3) is 0 Å². The number of rotatable bonds is 10. The van der Waals surface area contributed by atoms with Gasteiger partial charge in [0.05, 0.1) is 22.7 Å². The zero-order valence-electron chi connectivity index (χ0n) is 18.6. The summed E-state index contributed by atoms with van der Waals surface area (Å²) in [5.41, 5.74) is 0.595. The highest BCUT2D eigenvalue weighted by Crippen LogP contribution is 2.13. The number of anilines is 1. The third-order valence-electron chi connectivity index (χ3n) is 4.24. The fraction of sp³-hybridized carbons (Fsp3) is 0.318. The van der Waals surface area contributed by atoms with Crippen LogP contribution in [0.5, 0.6) is 0 Å². The van der Waals surface area contributed by atoms with Gasteiger partial charge < -0.3 is 19.9 Å². The summed E-state index contributed by atoms with van der Waals surface area (Å²) in [4.78, 5) is 35.9. The molecule has 0 bridgehead atoms. The zero-order chi connectivity index (χ0) is 25.5. The van der Waals surface area contributed by atoms with Crippen LogP contribution < -0.4 is 10.0 Å². The molecular formula is C22H25FN2O8S. The Balaban J connectivity index is 1.95. The summed E-state index contributed by atoms with van der Waals surface area (Å²) in [5.74, 6) is -3.10. The van der Waals surface area contributed by atoms with Crippen molar-refractivity contribution in [1.29, 1.82) is 0 Å². The molecule has 184 valence electrons. The first kappa shape index (κ1) is 26.9. The Hall–Kier alpha value is -3.35. The molecule has 2 aromatic rings. The summed E-state index contributed by atoms with van der Waals surface area (Å²) in [5, 5.41) is 12.3. The number of halogens is 1. The number of aliphatic hydroxyl groups is 1. The normalized spacial score (nSPS) is 13.1. The van der Waals surface area contributed by atoms with Crippen molar-refractivity contribution < 1.29 is 41.8 Å². The highest BCUT2D eigenvalue weighted by molar-refractivity contribution is 7.89. The van der Waals surface area contributed by atoms with Crippen molar-refractivity contribution in [3.63, 3.8) is 0 Å². The molecule has 34 heavy (non-hydrogen) atoms. The number of carbonyl (C=O) groups excluding carboxylic acids is 3. The molecule has 0 spiro atoms. The van der Waals surface area contributed by atoms with E-state index in [9.17, 15) is 32.3 Å². The van der Waals surface area contributed by atoms with Gasteiger partial charge in [0, 0.05) is 5.69 Å². The van der Waals surface area contributed by atoms with E-state index in [0.717, 1.165) is 31.2 Å². The molecule has 0 fully saturated rings. The van der Waals surface area contributed by atoms with E-state index in [4.69, 9.17) is 9.47 Å². The lowest BCUT2D eigenvalue weighted by atomic mass is 10.2. The first-order valence-electron chi connectivity index (χ1n) is 10.1. The summed E-state index contributed by atoms with van der Waals surface area (Å²) in [6, 6.07) is 7.90. The molecule has 0 unspecified atom stereocenters. The van der Waals surface area contributed by atoms with Crippen molar-refractivity contribution in [3.05, 3.63) is 59.9 Å². The number of amides is 1. The minimum atomic E-state index is -4.29. The maximum Gasteiger partial charge on any atom is 0.338 e. The Labute approximate surface area is 196 Å². The summed E-state index contributed by atoms with van der Waals surface area (Å²) >= 11 is 0. The quantitative estimate of drug-likeness (QED) is 0.420. The van der Waals surface area contributed by atoms with E-state index in [1.54, 1.807) is 13.8 Å². The van der Waals surface area contributed by atoms with Gasteiger partial charge in [-0.3, -0.25) is 9.59 Å². The van der Waals surface area contributed by atoms with Crippen LogP contribution in [0.2, 0.25) is 0 Å². The fourth-order valence-corrected chi connectivity index (χ4v) is 3.85. The number of nitrogens with one attached hydrogen (secondary N) is 2. The molecular weight excluding hydrogens is 471 g/mol. The number of hydrogen-bond donors (Lipinski definition) is 3. The monoisotopic (exact) mass is 496 g/mol. The second-order valence-electron chi connectivity index (χ2n) is 7.48. The van der Waals surface area contributed by atoms with Gasteiger partial charge in [-0.2, -0.15) is 4.72 Å². The van der Waals surface area contributed by atoms with Crippen LogP contribution >= 0.6 is 0 Å². The molecule has 2 atom stereocenters. The Bertz CT molecular complexity index is 1120. The number of ether oxygens (including phenoxy) is 2. The zero-order valence-corrected chi connectivity index (χ0v) is 19.5. The lowest BCUT2D eigenvalue weighted by Crippen LogP contribution is -2.48. The predicted molar refractivity (Wildman–Crippen MR) is 119 cm³/mol. The van der Waals surface area contributed by atoms with Crippen LogP contribution in [0, 0.1) is 5.82 Å². The molecule has 2 rings (SSSR count). The maximum atomic E-state index is 13.0. The minimum absolute atomic E-state index is 0.284. The molecule has 10 nitrogen and oxygen atoms in total. The van der Waals surface area contributed by atoms with E-state index in [1.807, 2.05) is 4.72 Å². The number of aliphatic hydroxyl groups excluding tert-OH is 1. The lowest BCUT2D eigenvalue weighted by Gasteiger charge is -2.20. The molecule has 0 aromatic heterocycles. The topological polar surface area (TPSA) is 148 Å². The lowest BCUT2D eigenvalue weighted by molar-refractivity contribution is -0.151. The van der Waals surface area contributed by atoms with Crippen LogP contribution in [0.15, 0.2) is 53.4 Å². The first-order chi connectivity index (χ1) is 15.9. The van der Waals surface area contributed by atoms with E-state index in [2.05, 4.69) is 5.32 Å². The van der Waals surface area contributed by atoms with Gasteiger partial charge in [-0.1, -0.05) is 0 Å². The minimum Gasteiger partial charge on any atom is -0.459 e. The average molecular weight is 497 g/mol. The largest absolute Gasteiger partial charge is 0.459 e. The average Bonchev–Trinajstić information content (AvgIpc) is 2.76. The second-order valence-corrected chi connectivity index (χ2v) is 9.19. The van der Waals surface area contributed by atoms with E-state index in [1.165, 1.54) is 24.3 Å². The Kier molecular flexibility index (Phi) is 9.24. The van der Waals surface area contributed by atoms with Crippen molar-refractivity contribution in [3.8, 4) is 0 Å². The second kappa shape index (κ2) is 11.7. The summed E-state index contributed by atoms with van der Waals surface area (Å²) in [7, 11) is -4.29. The van der Waals surface area contributed by atoms with Gasteiger partial charge in [-0.15, -0.1) is 0 Å². The van der Waals surface area contributed by atoms with Crippen LogP contribution in [0.1, 0.15) is 31.1 Å². The van der Waals surface area contributed by atoms with E-state index in [0.29, 0.717) is 5.69 Å². The molecule has 1 amide bonds. The molecule has 0 radical (unpaired) electrons. The third-order valence-corrected chi connectivity index (χ3v) is 5.69. The van der Waals surface area contributed by atoms with Crippen LogP contribution in [0.4, 0.5) is 10.1 Å². The van der Waals surface area contributed by atoms with Crippen LogP contribution in [-0.4, -0.2) is 56.2 Å². The van der Waals surface area contributed by atoms with E-state index < -0.39 is 52.4 Å². The standard InChI is InChI=1S/C22H25FN2O8S/c1-13(2)33-21(28)15-4-8-17(9-5-15)24-19(27)12-32-22(29)20(14(3)26)25-34(30,31)18-10-6-16(23)7-11-18/h4-11,13-14,20,25-26H,12H2,1-3H3,(H,24,27)/t14-,20-/m0/s1. The molecule has 0 saturated carbocycles. The number of sulfonamides is 1. The molecule has 0 aliphatic carbocycles. The van der Waals surface area contributed by atoms with Crippen LogP contribution in [0.3, 0.4) is 0 Å². The Morgan fingerprint density at radius 2 is 1.59 bits per heavy atom. The molecule has 0 saturated heterocycles. The smallest absolute Gasteiger partial charge is 0.338 e. The van der Waals surface area contributed by atoms with Gasteiger partial charge in [0.15, 0.2) is 6.61 Å². The third kappa shape index (κ3) is 7.90. The summed E-state index contributed by atoms with van der Waals surface area (Å²) in [6.07, 6.45) is -1.78. The fourth-order valence-electron chi connectivity index (χ4n) is 2.59. The van der Waals surface area contributed by atoms with Crippen molar-refractivity contribution >= 4 is 33.6 Å². The maximum absolute atomic E-state index is 13.0. The SMILES string of the molecule is CC(C)OC(=O)c1ccc(NC(=O)COC(=O)[C@@H](NS(=O)(=O)c2ccc(F)cc2)[C@H](C)O)cc1. The van der Waals surface area contributed by atoms with Gasteiger partial charge in [-0.25, -0.2) is 17.6 Å². The van der Waals surface area contributed by atoms with Gasteiger partial charge >= 0.3 is 11.9 Å². The van der Waals surface area contributed by atoms with Crippen LogP contribution in [-0.2, 0) is 29.1 Å². The molecule has 12 heteroatoms. The van der Waals surface area contributed by atoms with Crippen molar-refractivity contribution in [1.82, 2.24) is 4.72 Å². The van der Waals surface area contributed by atoms with Gasteiger partial charge in [0.2, 0.25) is 10.0 Å². The van der Waals surface area contributed by atoms with Gasteiger partial charge in [0.1, 0.15) is 11.9 Å². The highest BCUT2D eigenvalue weighted by Gasteiger charge is 2.31.